The maximum Gasteiger partial charge on any atom is 0.225 e. The maximum absolute atomic E-state index is 12.4. The van der Waals surface area contributed by atoms with E-state index in [2.05, 4.69) is 19.8 Å². The molecule has 5 nitrogen and oxygen atoms in total. The summed E-state index contributed by atoms with van der Waals surface area (Å²) in [5.74, 6) is 1.91. The van der Waals surface area contributed by atoms with Gasteiger partial charge in [0.05, 0.1) is 0 Å². The van der Waals surface area contributed by atoms with Crippen LogP contribution in [0.2, 0.25) is 0 Å². The van der Waals surface area contributed by atoms with Crippen molar-refractivity contribution in [2.75, 3.05) is 31.1 Å². The third-order valence-corrected chi connectivity index (χ3v) is 6.96. The summed E-state index contributed by atoms with van der Waals surface area (Å²) >= 11 is 0. The molecule has 0 radical (unpaired) electrons. The standard InChI is InChI=1S/C21H32N4O/c1-17-15-22-20(23-16-17)25-12-8-21(9-13-25)6-4-18(5-7-21)14-19(26)24-10-2-3-11-24/h15-16,18H,2-14H2,1H3. The van der Waals surface area contributed by atoms with E-state index in [4.69, 9.17) is 0 Å². The number of amides is 1. The number of anilines is 1. The van der Waals surface area contributed by atoms with Gasteiger partial charge in [0.2, 0.25) is 11.9 Å². The van der Waals surface area contributed by atoms with Crippen molar-refractivity contribution in [3.05, 3.63) is 18.0 Å². The molecule has 3 fully saturated rings. The number of carbonyl (C=O) groups is 1. The second kappa shape index (κ2) is 7.53. The van der Waals surface area contributed by atoms with E-state index in [0.717, 1.165) is 44.1 Å². The number of aromatic nitrogens is 2. The van der Waals surface area contributed by atoms with Crippen LogP contribution in [-0.4, -0.2) is 47.0 Å². The molecule has 1 aromatic rings. The molecule has 142 valence electrons. The highest BCUT2D eigenvalue weighted by Gasteiger charge is 2.39. The molecule has 1 spiro atoms. The number of rotatable bonds is 3. The molecule has 1 aromatic heterocycles. The minimum atomic E-state index is 0.412. The Labute approximate surface area is 157 Å². The van der Waals surface area contributed by atoms with Gasteiger partial charge in [0.1, 0.15) is 0 Å². The van der Waals surface area contributed by atoms with Crippen LogP contribution in [-0.2, 0) is 4.79 Å². The van der Waals surface area contributed by atoms with E-state index in [0.29, 0.717) is 17.2 Å². The molecule has 1 aliphatic carbocycles. The van der Waals surface area contributed by atoms with E-state index in [1.165, 1.54) is 51.4 Å². The molecule has 1 saturated carbocycles. The summed E-state index contributed by atoms with van der Waals surface area (Å²) in [6.07, 6.45) is 14.6. The van der Waals surface area contributed by atoms with E-state index in [9.17, 15) is 4.79 Å². The summed E-state index contributed by atoms with van der Waals surface area (Å²) in [4.78, 5) is 25.8. The molecule has 0 atom stereocenters. The Balaban J connectivity index is 1.25. The Morgan fingerprint density at radius 3 is 2.27 bits per heavy atom. The minimum absolute atomic E-state index is 0.412. The van der Waals surface area contributed by atoms with Crippen LogP contribution < -0.4 is 4.90 Å². The fourth-order valence-electron chi connectivity index (χ4n) is 5.07. The van der Waals surface area contributed by atoms with Gasteiger partial charge in [-0.2, -0.15) is 0 Å². The molecule has 0 N–H and O–H groups in total. The molecule has 2 saturated heterocycles. The lowest BCUT2D eigenvalue weighted by Gasteiger charge is -2.46. The molecule has 3 aliphatic rings. The van der Waals surface area contributed by atoms with Gasteiger partial charge in [0.15, 0.2) is 0 Å². The van der Waals surface area contributed by atoms with Gasteiger partial charge in [0.25, 0.3) is 0 Å². The Bertz CT molecular complexity index is 605. The van der Waals surface area contributed by atoms with Gasteiger partial charge in [-0.1, -0.05) is 0 Å². The second-order valence-corrected chi connectivity index (χ2v) is 8.78. The van der Waals surface area contributed by atoms with Crippen molar-refractivity contribution in [1.29, 1.82) is 0 Å². The number of nitrogens with zero attached hydrogens (tertiary/aromatic N) is 4. The minimum Gasteiger partial charge on any atom is -0.343 e. The average molecular weight is 357 g/mol. The Kier molecular flexibility index (Phi) is 5.14. The normalized spacial score (nSPS) is 23.6. The van der Waals surface area contributed by atoms with Crippen molar-refractivity contribution >= 4 is 11.9 Å². The van der Waals surface area contributed by atoms with Gasteiger partial charge >= 0.3 is 0 Å². The topological polar surface area (TPSA) is 49.3 Å². The van der Waals surface area contributed by atoms with Crippen molar-refractivity contribution in [2.45, 2.75) is 64.7 Å². The number of hydrogen-bond acceptors (Lipinski definition) is 4. The highest BCUT2D eigenvalue weighted by atomic mass is 16.2. The zero-order valence-corrected chi connectivity index (χ0v) is 16.1. The lowest BCUT2D eigenvalue weighted by Crippen LogP contribution is -2.43. The molecule has 26 heavy (non-hydrogen) atoms. The van der Waals surface area contributed by atoms with Crippen LogP contribution in [0.3, 0.4) is 0 Å². The summed E-state index contributed by atoms with van der Waals surface area (Å²) in [5, 5.41) is 0. The first kappa shape index (κ1) is 17.7. The van der Waals surface area contributed by atoms with Gasteiger partial charge in [-0.15, -0.1) is 0 Å². The van der Waals surface area contributed by atoms with Crippen LogP contribution in [0.1, 0.15) is 63.4 Å². The molecular formula is C21H32N4O. The van der Waals surface area contributed by atoms with E-state index in [-0.39, 0.29) is 0 Å². The number of aryl methyl sites for hydroxylation is 1. The van der Waals surface area contributed by atoms with E-state index in [1.807, 2.05) is 19.3 Å². The van der Waals surface area contributed by atoms with Crippen molar-refractivity contribution in [3.8, 4) is 0 Å². The summed E-state index contributed by atoms with van der Waals surface area (Å²) < 4.78 is 0. The quantitative estimate of drug-likeness (QED) is 0.831. The van der Waals surface area contributed by atoms with Crippen LogP contribution >= 0.6 is 0 Å². The number of carbonyl (C=O) groups excluding carboxylic acids is 1. The SMILES string of the molecule is Cc1cnc(N2CCC3(CCC(CC(=O)N4CCCC4)CC3)CC2)nc1. The first-order chi connectivity index (χ1) is 12.6. The zero-order valence-electron chi connectivity index (χ0n) is 16.1. The third kappa shape index (κ3) is 3.86. The molecule has 3 heterocycles. The molecule has 0 aromatic carbocycles. The highest BCUT2D eigenvalue weighted by Crippen LogP contribution is 2.47. The molecule has 1 amide bonds. The number of hydrogen-bond donors (Lipinski definition) is 0. The lowest BCUT2D eigenvalue weighted by molar-refractivity contribution is -0.131. The Morgan fingerprint density at radius 1 is 1.04 bits per heavy atom. The lowest BCUT2D eigenvalue weighted by atomic mass is 9.65. The Morgan fingerprint density at radius 2 is 1.65 bits per heavy atom. The van der Waals surface area contributed by atoms with Gasteiger partial charge in [-0.25, -0.2) is 9.97 Å². The summed E-state index contributed by atoms with van der Waals surface area (Å²) in [6.45, 7) is 6.15. The fourth-order valence-corrected chi connectivity index (χ4v) is 5.07. The molecule has 0 bridgehead atoms. The first-order valence-corrected chi connectivity index (χ1v) is 10.4. The van der Waals surface area contributed by atoms with Crippen molar-refractivity contribution in [3.63, 3.8) is 0 Å². The molecule has 2 aliphatic heterocycles. The van der Waals surface area contributed by atoms with E-state index in [1.54, 1.807) is 0 Å². The summed E-state index contributed by atoms with van der Waals surface area (Å²) in [5.41, 5.74) is 1.62. The first-order valence-electron chi connectivity index (χ1n) is 10.4. The second-order valence-electron chi connectivity index (χ2n) is 8.78. The monoisotopic (exact) mass is 356 g/mol. The predicted molar refractivity (Wildman–Crippen MR) is 103 cm³/mol. The largest absolute Gasteiger partial charge is 0.343 e. The van der Waals surface area contributed by atoms with Crippen molar-refractivity contribution in [1.82, 2.24) is 14.9 Å². The maximum atomic E-state index is 12.4. The average Bonchev–Trinajstić information content (AvgIpc) is 3.20. The number of likely N-dealkylation sites (tertiary alicyclic amines) is 1. The third-order valence-electron chi connectivity index (χ3n) is 6.96. The van der Waals surface area contributed by atoms with Crippen LogP contribution in [0, 0.1) is 18.3 Å². The van der Waals surface area contributed by atoms with E-state index < -0.39 is 0 Å². The molecule has 5 heteroatoms. The van der Waals surface area contributed by atoms with Crippen molar-refractivity contribution in [2.24, 2.45) is 11.3 Å². The molecular weight excluding hydrogens is 324 g/mol. The van der Waals surface area contributed by atoms with Gasteiger partial charge in [-0.3, -0.25) is 4.79 Å². The highest BCUT2D eigenvalue weighted by molar-refractivity contribution is 5.76. The van der Waals surface area contributed by atoms with Crippen molar-refractivity contribution < 1.29 is 4.79 Å². The summed E-state index contributed by atoms with van der Waals surface area (Å²) in [7, 11) is 0. The van der Waals surface area contributed by atoms with Crippen LogP contribution in [0.15, 0.2) is 12.4 Å². The molecule has 4 rings (SSSR count). The Hall–Kier alpha value is -1.65. The van der Waals surface area contributed by atoms with Crippen LogP contribution in [0.4, 0.5) is 5.95 Å². The smallest absolute Gasteiger partial charge is 0.225 e. The van der Waals surface area contributed by atoms with Gasteiger partial charge in [-0.05, 0) is 75.2 Å². The predicted octanol–water partition coefficient (Wildman–Crippen LogP) is 3.57. The zero-order chi connectivity index (χ0) is 18.0. The van der Waals surface area contributed by atoms with E-state index >= 15 is 0 Å². The van der Waals surface area contributed by atoms with Crippen LogP contribution in [0.5, 0.6) is 0 Å². The summed E-state index contributed by atoms with van der Waals surface area (Å²) in [6, 6.07) is 0. The molecule has 0 unspecified atom stereocenters. The van der Waals surface area contributed by atoms with Crippen LogP contribution in [0.25, 0.3) is 0 Å². The van der Waals surface area contributed by atoms with Gasteiger partial charge in [0, 0.05) is 45.0 Å². The van der Waals surface area contributed by atoms with Gasteiger partial charge < -0.3 is 9.80 Å². The number of piperidine rings is 1. The fraction of sp³-hybridized carbons (Fsp3) is 0.762.